The number of aliphatic carboxylic acids is 1. The van der Waals surface area contributed by atoms with Gasteiger partial charge in [-0.15, -0.1) is 0 Å². The van der Waals surface area contributed by atoms with Crippen LogP contribution in [0.4, 0.5) is 0 Å². The highest BCUT2D eigenvalue weighted by Crippen LogP contribution is 2.27. The number of fused-ring (bicyclic) bond motifs is 1. The normalized spacial score (nSPS) is 16.6. The third kappa shape index (κ3) is 2.11. The van der Waals surface area contributed by atoms with Crippen LogP contribution in [0.3, 0.4) is 0 Å². The molecule has 1 N–H and O–H groups in total. The molecule has 1 aromatic carbocycles. The second-order valence-electron chi connectivity index (χ2n) is 4.53. The van der Waals surface area contributed by atoms with Gasteiger partial charge in [0.15, 0.2) is 0 Å². The SMILES string of the molecule is CC[C@H](C(=O)O)c1ccc2c(c1)CCCC2. The molecule has 2 rings (SSSR count). The van der Waals surface area contributed by atoms with E-state index in [9.17, 15) is 4.79 Å². The number of hydrogen-bond donors (Lipinski definition) is 1. The molecule has 0 amide bonds. The first-order valence-corrected chi connectivity index (χ1v) is 6.07. The molecule has 0 aliphatic heterocycles. The second-order valence-corrected chi connectivity index (χ2v) is 4.53. The van der Waals surface area contributed by atoms with Crippen LogP contribution in [-0.2, 0) is 17.6 Å². The molecule has 1 aromatic rings. The lowest BCUT2D eigenvalue weighted by Gasteiger charge is -2.18. The summed E-state index contributed by atoms with van der Waals surface area (Å²) < 4.78 is 0. The van der Waals surface area contributed by atoms with Crippen LogP contribution in [0, 0.1) is 0 Å². The van der Waals surface area contributed by atoms with E-state index in [1.165, 1.54) is 24.0 Å². The molecule has 0 bridgehead atoms. The average molecular weight is 218 g/mol. The Morgan fingerprint density at radius 3 is 2.62 bits per heavy atom. The van der Waals surface area contributed by atoms with Gasteiger partial charge in [0.25, 0.3) is 0 Å². The van der Waals surface area contributed by atoms with Gasteiger partial charge in [0.2, 0.25) is 0 Å². The van der Waals surface area contributed by atoms with Gasteiger partial charge in [-0.25, -0.2) is 0 Å². The Balaban J connectivity index is 2.32. The molecule has 0 fully saturated rings. The summed E-state index contributed by atoms with van der Waals surface area (Å²) >= 11 is 0. The highest BCUT2D eigenvalue weighted by molar-refractivity contribution is 5.76. The predicted molar refractivity (Wildman–Crippen MR) is 63.8 cm³/mol. The van der Waals surface area contributed by atoms with Crippen LogP contribution in [-0.4, -0.2) is 11.1 Å². The zero-order chi connectivity index (χ0) is 11.5. The average Bonchev–Trinajstić information content (AvgIpc) is 2.29. The maximum Gasteiger partial charge on any atom is 0.310 e. The Hall–Kier alpha value is -1.31. The van der Waals surface area contributed by atoms with Crippen LogP contribution in [0.5, 0.6) is 0 Å². The molecule has 0 radical (unpaired) electrons. The maximum absolute atomic E-state index is 11.1. The van der Waals surface area contributed by atoms with Gasteiger partial charge in [0, 0.05) is 0 Å². The van der Waals surface area contributed by atoms with E-state index in [0.717, 1.165) is 18.4 Å². The van der Waals surface area contributed by atoms with Crippen molar-refractivity contribution in [1.82, 2.24) is 0 Å². The Kier molecular flexibility index (Phi) is 3.28. The third-order valence-corrected chi connectivity index (χ3v) is 3.48. The molecule has 0 spiro atoms. The Morgan fingerprint density at radius 1 is 1.31 bits per heavy atom. The lowest BCUT2D eigenvalue weighted by Crippen LogP contribution is -2.12. The molecule has 2 heteroatoms. The topological polar surface area (TPSA) is 37.3 Å². The summed E-state index contributed by atoms with van der Waals surface area (Å²) in [6.07, 6.45) is 5.43. The van der Waals surface area contributed by atoms with E-state index >= 15 is 0 Å². The Labute approximate surface area is 96.3 Å². The first kappa shape index (κ1) is 11.2. The summed E-state index contributed by atoms with van der Waals surface area (Å²) in [5.74, 6) is -1.05. The molecule has 2 nitrogen and oxygen atoms in total. The van der Waals surface area contributed by atoms with E-state index < -0.39 is 5.97 Å². The van der Waals surface area contributed by atoms with Gasteiger partial charge in [-0.1, -0.05) is 25.1 Å². The summed E-state index contributed by atoms with van der Waals surface area (Å²) in [5, 5.41) is 9.13. The van der Waals surface area contributed by atoms with Crippen molar-refractivity contribution in [2.75, 3.05) is 0 Å². The lowest BCUT2D eigenvalue weighted by molar-refractivity contribution is -0.138. The molecular weight excluding hydrogens is 200 g/mol. The fraction of sp³-hybridized carbons (Fsp3) is 0.500. The molecule has 0 heterocycles. The molecule has 0 unspecified atom stereocenters. The summed E-state index contributed by atoms with van der Waals surface area (Å²) in [4.78, 5) is 11.1. The smallest absolute Gasteiger partial charge is 0.310 e. The van der Waals surface area contributed by atoms with Gasteiger partial charge in [0.1, 0.15) is 0 Å². The van der Waals surface area contributed by atoms with Crippen molar-refractivity contribution in [1.29, 1.82) is 0 Å². The number of rotatable bonds is 3. The third-order valence-electron chi connectivity index (χ3n) is 3.48. The van der Waals surface area contributed by atoms with Gasteiger partial charge in [0.05, 0.1) is 5.92 Å². The number of aryl methyl sites for hydroxylation is 2. The number of hydrogen-bond acceptors (Lipinski definition) is 1. The van der Waals surface area contributed by atoms with Crippen LogP contribution in [0.15, 0.2) is 18.2 Å². The zero-order valence-electron chi connectivity index (χ0n) is 9.70. The monoisotopic (exact) mass is 218 g/mol. The van der Waals surface area contributed by atoms with E-state index in [2.05, 4.69) is 12.1 Å². The van der Waals surface area contributed by atoms with Gasteiger partial charge < -0.3 is 5.11 Å². The van der Waals surface area contributed by atoms with Gasteiger partial charge in [-0.3, -0.25) is 4.79 Å². The van der Waals surface area contributed by atoms with Crippen LogP contribution in [0.25, 0.3) is 0 Å². The van der Waals surface area contributed by atoms with E-state index in [-0.39, 0.29) is 5.92 Å². The first-order valence-electron chi connectivity index (χ1n) is 6.07. The maximum atomic E-state index is 11.1. The molecule has 1 aliphatic rings. The summed E-state index contributed by atoms with van der Waals surface area (Å²) in [6.45, 7) is 1.93. The fourth-order valence-electron chi connectivity index (χ4n) is 2.52. The minimum Gasteiger partial charge on any atom is -0.481 e. The van der Waals surface area contributed by atoms with Crippen molar-refractivity contribution >= 4 is 5.97 Å². The van der Waals surface area contributed by atoms with Gasteiger partial charge >= 0.3 is 5.97 Å². The quantitative estimate of drug-likeness (QED) is 0.846. The number of carboxylic acid groups (broad SMARTS) is 1. The molecule has 1 aliphatic carbocycles. The molecule has 0 saturated carbocycles. The first-order chi connectivity index (χ1) is 7.72. The standard InChI is InChI=1S/C14H18O2/c1-2-13(14(15)16)12-8-7-10-5-3-4-6-11(10)9-12/h7-9,13H,2-6H2,1H3,(H,15,16)/t13-/m0/s1. The Bertz CT molecular complexity index is 396. The van der Waals surface area contributed by atoms with Crippen molar-refractivity contribution in [2.45, 2.75) is 44.9 Å². The van der Waals surface area contributed by atoms with Gasteiger partial charge in [-0.2, -0.15) is 0 Å². The minimum absolute atomic E-state index is 0.341. The predicted octanol–water partition coefficient (Wildman–Crippen LogP) is 3.14. The van der Waals surface area contributed by atoms with Crippen molar-refractivity contribution in [3.05, 3.63) is 34.9 Å². The van der Waals surface area contributed by atoms with E-state index in [1.807, 2.05) is 13.0 Å². The molecule has 86 valence electrons. The molecule has 0 saturated heterocycles. The van der Waals surface area contributed by atoms with Crippen molar-refractivity contribution < 1.29 is 9.90 Å². The second kappa shape index (κ2) is 4.69. The highest BCUT2D eigenvalue weighted by atomic mass is 16.4. The van der Waals surface area contributed by atoms with Crippen LogP contribution < -0.4 is 0 Å². The molecular formula is C14H18O2. The Morgan fingerprint density at radius 2 is 2.00 bits per heavy atom. The number of carbonyl (C=O) groups is 1. The lowest BCUT2D eigenvalue weighted by atomic mass is 9.87. The van der Waals surface area contributed by atoms with Crippen molar-refractivity contribution in [3.63, 3.8) is 0 Å². The number of carboxylic acids is 1. The van der Waals surface area contributed by atoms with Crippen LogP contribution in [0.2, 0.25) is 0 Å². The van der Waals surface area contributed by atoms with Gasteiger partial charge in [-0.05, 0) is 48.8 Å². The summed E-state index contributed by atoms with van der Waals surface area (Å²) in [6, 6.07) is 6.22. The van der Waals surface area contributed by atoms with E-state index in [4.69, 9.17) is 5.11 Å². The van der Waals surface area contributed by atoms with E-state index in [0.29, 0.717) is 6.42 Å². The zero-order valence-corrected chi connectivity index (χ0v) is 9.70. The van der Waals surface area contributed by atoms with Crippen molar-refractivity contribution in [3.8, 4) is 0 Å². The molecule has 0 aromatic heterocycles. The highest BCUT2D eigenvalue weighted by Gasteiger charge is 2.19. The molecule has 16 heavy (non-hydrogen) atoms. The molecule has 1 atom stereocenters. The largest absolute Gasteiger partial charge is 0.481 e. The van der Waals surface area contributed by atoms with Crippen LogP contribution >= 0.6 is 0 Å². The summed E-state index contributed by atoms with van der Waals surface area (Å²) in [7, 11) is 0. The van der Waals surface area contributed by atoms with E-state index in [1.54, 1.807) is 0 Å². The minimum atomic E-state index is -0.710. The number of benzene rings is 1. The fourth-order valence-corrected chi connectivity index (χ4v) is 2.52. The van der Waals surface area contributed by atoms with Crippen molar-refractivity contribution in [2.24, 2.45) is 0 Å². The van der Waals surface area contributed by atoms with Crippen LogP contribution in [0.1, 0.15) is 48.8 Å². The summed E-state index contributed by atoms with van der Waals surface area (Å²) in [5.41, 5.74) is 3.74.